The molecule has 0 radical (unpaired) electrons. The highest BCUT2D eigenvalue weighted by atomic mass is 16.4. The van der Waals surface area contributed by atoms with Crippen molar-refractivity contribution < 1.29 is 15.3 Å². The van der Waals surface area contributed by atoms with Gasteiger partial charge < -0.3 is 21.1 Å². The van der Waals surface area contributed by atoms with E-state index in [1.165, 1.54) is 51.4 Å². The molecule has 0 aliphatic rings. The topological polar surface area (TPSA) is 86.7 Å². The third kappa shape index (κ3) is 8.47. The van der Waals surface area contributed by atoms with Gasteiger partial charge in [0, 0.05) is 6.04 Å². The van der Waals surface area contributed by atoms with Crippen LogP contribution in [0.4, 0.5) is 0 Å². The zero-order valence-corrected chi connectivity index (χ0v) is 14.8. The lowest BCUT2D eigenvalue weighted by atomic mass is 9.82. The summed E-state index contributed by atoms with van der Waals surface area (Å²) in [6.45, 7) is 3.68. The van der Waals surface area contributed by atoms with Crippen molar-refractivity contribution in [2.45, 2.75) is 109 Å². The average Bonchev–Trinajstić information content (AvgIpc) is 2.54. The van der Waals surface area contributed by atoms with E-state index in [-0.39, 0.29) is 0 Å². The number of aliphatic hydroxyl groups excluding tert-OH is 2. The van der Waals surface area contributed by atoms with Crippen LogP contribution in [-0.2, 0) is 0 Å². The predicted octanol–water partition coefficient (Wildman–Crippen LogP) is 3.12. The minimum atomic E-state index is -1.36. The molecule has 4 heteroatoms. The van der Waals surface area contributed by atoms with Gasteiger partial charge in [0.25, 0.3) is 0 Å². The van der Waals surface area contributed by atoms with E-state index in [2.05, 4.69) is 6.92 Å². The van der Waals surface area contributed by atoms with Crippen LogP contribution >= 0.6 is 0 Å². The van der Waals surface area contributed by atoms with Gasteiger partial charge in [0.1, 0.15) is 11.7 Å². The molecule has 5 N–H and O–H groups in total. The fraction of sp³-hybridized carbons (Fsp3) is 1.00. The van der Waals surface area contributed by atoms with E-state index < -0.39 is 24.4 Å². The van der Waals surface area contributed by atoms with Crippen molar-refractivity contribution in [1.82, 2.24) is 0 Å². The number of aliphatic hydroxyl groups is 3. The van der Waals surface area contributed by atoms with Crippen LogP contribution in [0, 0.1) is 0 Å². The van der Waals surface area contributed by atoms with Gasteiger partial charge in [-0.25, -0.2) is 0 Å². The van der Waals surface area contributed by atoms with E-state index in [1.807, 2.05) is 6.92 Å². The number of hydrogen-bond donors (Lipinski definition) is 4. The first-order valence-electron chi connectivity index (χ1n) is 9.29. The Morgan fingerprint density at radius 3 is 1.73 bits per heavy atom. The van der Waals surface area contributed by atoms with Crippen molar-refractivity contribution in [2.75, 3.05) is 6.61 Å². The van der Waals surface area contributed by atoms with Crippen molar-refractivity contribution in [3.63, 3.8) is 0 Å². The Labute approximate surface area is 137 Å². The summed E-state index contributed by atoms with van der Waals surface area (Å²) in [4.78, 5) is 0. The molecule has 0 aliphatic heterocycles. The average molecular weight is 318 g/mol. The summed E-state index contributed by atoms with van der Waals surface area (Å²) in [6, 6.07) is -0.492. The molecular weight excluding hydrogens is 278 g/mol. The Balaban J connectivity index is 3.77. The number of hydrogen-bond acceptors (Lipinski definition) is 4. The summed E-state index contributed by atoms with van der Waals surface area (Å²) in [7, 11) is 0. The van der Waals surface area contributed by atoms with Crippen LogP contribution in [-0.4, -0.2) is 39.7 Å². The van der Waals surface area contributed by atoms with Gasteiger partial charge in [-0.1, -0.05) is 78.1 Å². The van der Waals surface area contributed by atoms with Crippen LogP contribution in [0.3, 0.4) is 0 Å². The highest BCUT2D eigenvalue weighted by Crippen LogP contribution is 2.25. The van der Waals surface area contributed by atoms with Gasteiger partial charge in [-0.05, 0) is 12.8 Å². The quantitative estimate of drug-likeness (QED) is 0.350. The summed E-state index contributed by atoms with van der Waals surface area (Å²) in [5.74, 6) is 0. The largest absolute Gasteiger partial charge is 0.394 e. The van der Waals surface area contributed by atoms with Gasteiger partial charge in [0.2, 0.25) is 0 Å². The van der Waals surface area contributed by atoms with E-state index >= 15 is 0 Å². The molecule has 0 saturated carbocycles. The monoisotopic (exact) mass is 317 g/mol. The first-order chi connectivity index (χ1) is 10.5. The van der Waals surface area contributed by atoms with Crippen molar-refractivity contribution in [3.8, 4) is 0 Å². The lowest BCUT2D eigenvalue weighted by Gasteiger charge is -2.37. The Bertz CT molecular complexity index is 238. The molecule has 0 aromatic carbocycles. The number of unbranched alkanes of at least 4 members (excludes halogenated alkanes) is 9. The summed E-state index contributed by atoms with van der Waals surface area (Å²) in [5.41, 5.74) is 4.57. The third-order valence-electron chi connectivity index (χ3n) is 4.76. The van der Waals surface area contributed by atoms with Crippen LogP contribution in [0.1, 0.15) is 90.9 Å². The maximum Gasteiger partial charge on any atom is 0.108 e. The normalized spacial score (nSPS) is 17.2. The Kier molecular flexibility index (Phi) is 13.2. The first-order valence-corrected chi connectivity index (χ1v) is 9.29. The summed E-state index contributed by atoms with van der Waals surface area (Å²) in [5, 5.41) is 29.5. The Morgan fingerprint density at radius 2 is 1.32 bits per heavy atom. The van der Waals surface area contributed by atoms with Crippen LogP contribution < -0.4 is 5.73 Å². The zero-order valence-electron chi connectivity index (χ0n) is 14.8. The second-order valence-electron chi connectivity index (χ2n) is 6.64. The van der Waals surface area contributed by atoms with E-state index in [9.17, 15) is 10.2 Å². The van der Waals surface area contributed by atoms with Gasteiger partial charge in [0.05, 0.1) is 6.61 Å². The smallest absolute Gasteiger partial charge is 0.108 e. The molecule has 0 rings (SSSR count). The summed E-state index contributed by atoms with van der Waals surface area (Å²) in [6.07, 6.45) is 12.2. The van der Waals surface area contributed by atoms with Crippen LogP contribution in [0.2, 0.25) is 0 Å². The van der Waals surface area contributed by atoms with Crippen LogP contribution in [0.25, 0.3) is 0 Å². The molecule has 0 spiro atoms. The molecular formula is C18H39NO3. The molecule has 0 aliphatic carbocycles. The lowest BCUT2D eigenvalue weighted by molar-refractivity contribution is -0.115. The summed E-state index contributed by atoms with van der Waals surface area (Å²) >= 11 is 0. The third-order valence-corrected chi connectivity index (χ3v) is 4.76. The van der Waals surface area contributed by atoms with Crippen molar-refractivity contribution in [3.05, 3.63) is 0 Å². The standard InChI is InChI=1S/C18H39NO3/c1-3-5-6-7-8-9-10-11-12-13-14-18(22,16(19)4-2)17(21)15-20/h16-17,20-22H,3-15,19H2,1-2H3. The second kappa shape index (κ2) is 13.3. The highest BCUT2D eigenvalue weighted by Gasteiger charge is 2.39. The minimum Gasteiger partial charge on any atom is -0.394 e. The molecule has 0 bridgehead atoms. The SMILES string of the molecule is CCCCCCCCCCCCC(O)(C(N)CC)C(O)CO. The van der Waals surface area contributed by atoms with Crippen molar-refractivity contribution >= 4 is 0 Å². The molecule has 4 nitrogen and oxygen atoms in total. The van der Waals surface area contributed by atoms with Crippen LogP contribution in [0.5, 0.6) is 0 Å². The van der Waals surface area contributed by atoms with E-state index in [0.717, 1.165) is 12.8 Å². The van der Waals surface area contributed by atoms with E-state index in [0.29, 0.717) is 12.8 Å². The fourth-order valence-corrected chi connectivity index (χ4v) is 3.01. The molecule has 0 amide bonds. The van der Waals surface area contributed by atoms with Gasteiger partial charge in [-0.15, -0.1) is 0 Å². The molecule has 0 saturated heterocycles. The minimum absolute atomic E-state index is 0.442. The Morgan fingerprint density at radius 1 is 0.864 bits per heavy atom. The predicted molar refractivity (Wildman–Crippen MR) is 92.8 cm³/mol. The maximum atomic E-state index is 10.5. The van der Waals surface area contributed by atoms with E-state index in [1.54, 1.807) is 0 Å². The van der Waals surface area contributed by atoms with Crippen molar-refractivity contribution in [1.29, 1.82) is 0 Å². The lowest BCUT2D eigenvalue weighted by Crippen LogP contribution is -2.57. The van der Waals surface area contributed by atoms with Crippen LogP contribution in [0.15, 0.2) is 0 Å². The molecule has 0 fully saturated rings. The molecule has 0 aromatic heterocycles. The first kappa shape index (κ1) is 21.8. The molecule has 22 heavy (non-hydrogen) atoms. The highest BCUT2D eigenvalue weighted by molar-refractivity contribution is 4.94. The van der Waals surface area contributed by atoms with Gasteiger partial charge in [-0.2, -0.15) is 0 Å². The molecule has 3 unspecified atom stereocenters. The number of nitrogens with two attached hydrogens (primary N) is 1. The molecule has 134 valence electrons. The molecule has 3 atom stereocenters. The second-order valence-corrected chi connectivity index (χ2v) is 6.64. The summed E-state index contributed by atoms with van der Waals surface area (Å²) < 4.78 is 0. The zero-order chi connectivity index (χ0) is 16.8. The Hall–Kier alpha value is -0.160. The van der Waals surface area contributed by atoms with E-state index in [4.69, 9.17) is 10.8 Å². The number of rotatable bonds is 15. The molecule has 0 aromatic rings. The van der Waals surface area contributed by atoms with Gasteiger partial charge in [0.15, 0.2) is 0 Å². The fourth-order valence-electron chi connectivity index (χ4n) is 3.01. The van der Waals surface area contributed by atoms with Gasteiger partial charge >= 0.3 is 0 Å². The maximum absolute atomic E-state index is 10.5. The van der Waals surface area contributed by atoms with Gasteiger partial charge in [-0.3, -0.25) is 0 Å². The molecule has 0 heterocycles. The van der Waals surface area contributed by atoms with Crippen molar-refractivity contribution in [2.24, 2.45) is 5.73 Å².